The van der Waals surface area contributed by atoms with Gasteiger partial charge >= 0.3 is 0 Å². The largest absolute Gasteiger partial charge is 0.493 e. The lowest BCUT2D eigenvalue weighted by Crippen LogP contribution is -2.35. The number of likely N-dealkylation sites (N-methyl/N-ethyl adjacent to an activating group) is 1. The van der Waals surface area contributed by atoms with Gasteiger partial charge < -0.3 is 19.3 Å². The highest BCUT2D eigenvalue weighted by atomic mass is 31.1. The normalized spacial score (nSPS) is 23.1. The van der Waals surface area contributed by atoms with E-state index in [1.54, 1.807) is 20.3 Å². The fourth-order valence-corrected chi connectivity index (χ4v) is 5.05. The monoisotopic (exact) mass is 396 g/mol. The average molecular weight is 396 g/mol. The SMILES string of the molecule is COc1ccc(C2=CC(=O)N3C=C(C4=CCN(C)CC4)C=CC3P2)cc1OC. The van der Waals surface area contributed by atoms with E-state index in [1.807, 2.05) is 29.3 Å². The molecule has 0 N–H and O–H groups in total. The number of ether oxygens (including phenoxy) is 2. The molecule has 3 aliphatic rings. The number of carbonyl (C=O) groups is 1. The maximum absolute atomic E-state index is 12.9. The van der Waals surface area contributed by atoms with Crippen molar-refractivity contribution in [1.82, 2.24) is 9.80 Å². The summed E-state index contributed by atoms with van der Waals surface area (Å²) < 4.78 is 10.7. The third-order valence-corrected chi connectivity index (χ3v) is 6.85. The summed E-state index contributed by atoms with van der Waals surface area (Å²) in [6, 6.07) is 5.82. The van der Waals surface area contributed by atoms with Gasteiger partial charge in [0.05, 0.1) is 20.0 Å². The van der Waals surface area contributed by atoms with Gasteiger partial charge in [0.2, 0.25) is 0 Å². The number of fused-ring (bicyclic) bond motifs is 1. The number of benzene rings is 1. The highest BCUT2D eigenvalue weighted by molar-refractivity contribution is 7.51. The van der Waals surface area contributed by atoms with E-state index in [-0.39, 0.29) is 11.7 Å². The Morgan fingerprint density at radius 3 is 2.71 bits per heavy atom. The third-order valence-electron chi connectivity index (χ3n) is 5.34. The lowest BCUT2D eigenvalue weighted by Gasteiger charge is -2.35. The fraction of sp³-hybridized carbons (Fsp3) is 0.318. The first-order valence-corrected chi connectivity index (χ1v) is 10.5. The second kappa shape index (κ2) is 7.94. The Bertz CT molecular complexity index is 916. The van der Waals surface area contributed by atoms with E-state index in [1.165, 1.54) is 5.57 Å². The molecule has 0 fully saturated rings. The molecule has 2 unspecified atom stereocenters. The molecule has 1 aromatic carbocycles. The number of carbonyl (C=O) groups excluding carboxylic acids is 1. The summed E-state index contributed by atoms with van der Waals surface area (Å²) in [7, 11) is 5.86. The molecule has 1 aromatic rings. The van der Waals surface area contributed by atoms with E-state index >= 15 is 0 Å². The summed E-state index contributed by atoms with van der Waals surface area (Å²) in [6.07, 6.45) is 11.4. The van der Waals surface area contributed by atoms with Crippen molar-refractivity contribution in [2.75, 3.05) is 34.4 Å². The van der Waals surface area contributed by atoms with Crippen LogP contribution in [0.1, 0.15) is 12.0 Å². The quantitative estimate of drug-likeness (QED) is 0.730. The van der Waals surface area contributed by atoms with Crippen molar-refractivity contribution in [1.29, 1.82) is 0 Å². The number of hydrogen-bond acceptors (Lipinski definition) is 4. The summed E-state index contributed by atoms with van der Waals surface area (Å²) >= 11 is 0. The van der Waals surface area contributed by atoms with Crippen LogP contribution in [-0.4, -0.2) is 55.8 Å². The number of methoxy groups -OCH3 is 2. The number of nitrogens with zero attached hydrogens (tertiary/aromatic N) is 2. The number of allylic oxidation sites excluding steroid dienone is 2. The Balaban J connectivity index is 1.59. The van der Waals surface area contributed by atoms with Crippen LogP contribution in [0.4, 0.5) is 0 Å². The molecule has 0 bridgehead atoms. The first-order chi connectivity index (χ1) is 13.6. The van der Waals surface area contributed by atoms with E-state index in [0.29, 0.717) is 20.1 Å². The molecule has 2 atom stereocenters. The molecule has 0 saturated heterocycles. The molecule has 0 spiro atoms. The topological polar surface area (TPSA) is 42.0 Å². The summed E-state index contributed by atoms with van der Waals surface area (Å²) in [4.78, 5) is 17.0. The third kappa shape index (κ3) is 3.65. The van der Waals surface area contributed by atoms with E-state index in [0.717, 1.165) is 36.0 Å². The van der Waals surface area contributed by atoms with Crippen LogP contribution in [0.5, 0.6) is 11.5 Å². The Morgan fingerprint density at radius 2 is 2.00 bits per heavy atom. The lowest BCUT2D eigenvalue weighted by molar-refractivity contribution is -0.123. The second-order valence-corrected chi connectivity index (χ2v) is 8.57. The summed E-state index contributed by atoms with van der Waals surface area (Å²) in [6.45, 7) is 2.02. The molecule has 1 amide bonds. The van der Waals surface area contributed by atoms with E-state index < -0.39 is 0 Å². The molecular weight excluding hydrogens is 371 g/mol. The minimum Gasteiger partial charge on any atom is -0.493 e. The Labute approximate surface area is 167 Å². The fourth-order valence-electron chi connectivity index (χ4n) is 3.67. The maximum atomic E-state index is 12.9. The van der Waals surface area contributed by atoms with E-state index in [9.17, 15) is 4.79 Å². The van der Waals surface area contributed by atoms with Crippen molar-refractivity contribution in [3.63, 3.8) is 0 Å². The summed E-state index contributed by atoms with van der Waals surface area (Å²) in [5, 5.41) is 1.05. The van der Waals surface area contributed by atoms with Crippen LogP contribution in [0, 0.1) is 0 Å². The number of hydrogen-bond donors (Lipinski definition) is 0. The van der Waals surface area contributed by atoms with Gasteiger partial charge in [0.25, 0.3) is 5.91 Å². The van der Waals surface area contributed by atoms with E-state index in [4.69, 9.17) is 9.47 Å². The van der Waals surface area contributed by atoms with Crippen molar-refractivity contribution >= 4 is 19.8 Å². The number of rotatable bonds is 4. The predicted molar refractivity (Wildman–Crippen MR) is 114 cm³/mol. The van der Waals surface area contributed by atoms with Crippen LogP contribution < -0.4 is 9.47 Å². The number of amides is 1. The van der Waals surface area contributed by atoms with Gasteiger partial charge in [-0.3, -0.25) is 4.79 Å². The molecule has 146 valence electrons. The van der Waals surface area contributed by atoms with Gasteiger partial charge in [-0.25, -0.2) is 0 Å². The summed E-state index contributed by atoms with van der Waals surface area (Å²) in [5.41, 5.74) is 3.49. The van der Waals surface area contributed by atoms with Crippen LogP contribution in [0.15, 0.2) is 59.8 Å². The molecule has 0 aliphatic carbocycles. The second-order valence-electron chi connectivity index (χ2n) is 7.15. The molecule has 3 heterocycles. The Kier molecular flexibility index (Phi) is 5.38. The van der Waals surface area contributed by atoms with Crippen LogP contribution in [-0.2, 0) is 4.79 Å². The first-order valence-electron chi connectivity index (χ1n) is 9.40. The van der Waals surface area contributed by atoms with Gasteiger partial charge in [-0.1, -0.05) is 32.9 Å². The highest BCUT2D eigenvalue weighted by Crippen LogP contribution is 2.46. The van der Waals surface area contributed by atoms with Crippen molar-refractivity contribution in [2.24, 2.45) is 0 Å². The smallest absolute Gasteiger partial charge is 0.252 e. The molecule has 0 saturated carbocycles. The van der Waals surface area contributed by atoms with Crippen LogP contribution in [0.25, 0.3) is 5.31 Å². The zero-order valence-corrected chi connectivity index (χ0v) is 17.4. The molecule has 5 nitrogen and oxygen atoms in total. The Hall–Kier alpha value is -2.36. The lowest BCUT2D eigenvalue weighted by atomic mass is 9.98. The van der Waals surface area contributed by atoms with Gasteiger partial charge in [-0.05, 0) is 47.6 Å². The van der Waals surface area contributed by atoms with Crippen molar-refractivity contribution < 1.29 is 14.3 Å². The molecule has 28 heavy (non-hydrogen) atoms. The average Bonchev–Trinajstić information content (AvgIpc) is 2.73. The van der Waals surface area contributed by atoms with E-state index in [2.05, 4.69) is 30.2 Å². The Morgan fingerprint density at radius 1 is 1.18 bits per heavy atom. The summed E-state index contributed by atoms with van der Waals surface area (Å²) in [5.74, 6) is 1.48. The molecule has 4 rings (SSSR count). The molecular formula is C22H25N2O3P. The van der Waals surface area contributed by atoms with Gasteiger partial charge in [0.15, 0.2) is 11.5 Å². The standard InChI is InChI=1S/C22H25N2O3P/c1-23-10-8-15(9-11-23)17-5-7-22-24(14-17)21(25)13-20(28-22)16-4-6-18(26-2)19(12-16)27-3/h4-8,12-14,22,28H,9-11H2,1-3H3. The molecule has 3 aliphatic heterocycles. The van der Waals surface area contributed by atoms with Gasteiger partial charge in [0, 0.05) is 25.4 Å². The van der Waals surface area contributed by atoms with Crippen LogP contribution in [0.2, 0.25) is 0 Å². The van der Waals surface area contributed by atoms with Crippen LogP contribution >= 0.6 is 8.58 Å². The molecule has 0 aromatic heterocycles. The first kappa shape index (κ1) is 19.0. The zero-order valence-electron chi connectivity index (χ0n) is 16.4. The van der Waals surface area contributed by atoms with Crippen molar-refractivity contribution in [3.05, 3.63) is 65.4 Å². The van der Waals surface area contributed by atoms with Gasteiger partial charge in [-0.15, -0.1) is 0 Å². The molecule has 6 heteroatoms. The zero-order chi connectivity index (χ0) is 19.7. The minimum absolute atomic E-state index is 0.0314. The minimum atomic E-state index is 0.0314. The molecule has 0 radical (unpaired) electrons. The van der Waals surface area contributed by atoms with Gasteiger partial charge in [0.1, 0.15) is 0 Å². The van der Waals surface area contributed by atoms with Gasteiger partial charge in [-0.2, -0.15) is 0 Å². The van der Waals surface area contributed by atoms with Crippen molar-refractivity contribution in [3.8, 4) is 11.5 Å². The predicted octanol–water partition coefficient (Wildman–Crippen LogP) is 3.61. The highest BCUT2D eigenvalue weighted by Gasteiger charge is 2.29. The van der Waals surface area contributed by atoms with Crippen LogP contribution in [0.3, 0.4) is 0 Å². The maximum Gasteiger partial charge on any atom is 0.252 e. The van der Waals surface area contributed by atoms with Crippen molar-refractivity contribution in [2.45, 2.75) is 12.2 Å².